The van der Waals surface area contributed by atoms with E-state index in [4.69, 9.17) is 4.74 Å². The minimum atomic E-state index is 0.286. The van der Waals surface area contributed by atoms with Crippen LogP contribution in [0.1, 0.15) is 86.0 Å². The van der Waals surface area contributed by atoms with Gasteiger partial charge in [0.1, 0.15) is 0 Å². The topological polar surface area (TPSA) is 29.5 Å². The number of ether oxygens (including phenoxy) is 1. The lowest BCUT2D eigenvalue weighted by atomic mass is 9.45. The van der Waals surface area contributed by atoms with Crippen LogP contribution in [0.3, 0.4) is 0 Å². The molecule has 0 saturated heterocycles. The first kappa shape index (κ1) is 22.5. The second-order valence-corrected chi connectivity index (χ2v) is 13.2. The van der Waals surface area contributed by atoms with E-state index in [1.54, 1.807) is 0 Å². The number of aliphatic hydroxyl groups excluding tert-OH is 1. The summed E-state index contributed by atoms with van der Waals surface area (Å²) in [5.74, 6) is 5.96. The quantitative estimate of drug-likeness (QED) is 0.475. The molecule has 1 unspecified atom stereocenters. The maximum absolute atomic E-state index is 9.49. The summed E-state index contributed by atoms with van der Waals surface area (Å²) < 4.78 is 6.29. The zero-order valence-electron chi connectivity index (χ0n) is 21.1. The van der Waals surface area contributed by atoms with Crippen molar-refractivity contribution < 1.29 is 9.84 Å². The van der Waals surface area contributed by atoms with Crippen LogP contribution in [0, 0.1) is 63.6 Å². The number of hydrogen-bond donors (Lipinski definition) is 1. The number of fused-ring (bicyclic) bond motifs is 4. The van der Waals surface area contributed by atoms with E-state index < -0.39 is 0 Å². The highest BCUT2D eigenvalue weighted by Crippen LogP contribution is 2.82. The molecule has 31 heavy (non-hydrogen) atoms. The Morgan fingerprint density at radius 2 is 1.77 bits per heavy atom. The zero-order valence-corrected chi connectivity index (χ0v) is 21.1. The van der Waals surface area contributed by atoms with E-state index in [0.717, 1.165) is 29.6 Å². The highest BCUT2D eigenvalue weighted by Gasteiger charge is 2.77. The van der Waals surface area contributed by atoms with Crippen LogP contribution in [-0.2, 0) is 4.74 Å². The Morgan fingerprint density at radius 1 is 1.00 bits per heavy atom. The van der Waals surface area contributed by atoms with E-state index >= 15 is 0 Å². The van der Waals surface area contributed by atoms with E-state index in [9.17, 15) is 5.11 Å². The van der Waals surface area contributed by atoms with Crippen LogP contribution in [-0.4, -0.2) is 24.9 Å². The maximum atomic E-state index is 9.49. The molecule has 0 bridgehead atoms. The summed E-state index contributed by atoms with van der Waals surface area (Å²) in [7, 11) is 2.01. The average molecular weight is 429 g/mol. The van der Waals surface area contributed by atoms with Crippen LogP contribution < -0.4 is 0 Å². The van der Waals surface area contributed by atoms with Gasteiger partial charge in [0.2, 0.25) is 0 Å². The molecule has 0 aliphatic heterocycles. The summed E-state index contributed by atoms with van der Waals surface area (Å²) >= 11 is 0. The summed E-state index contributed by atoms with van der Waals surface area (Å²) in [4.78, 5) is 0. The van der Waals surface area contributed by atoms with Gasteiger partial charge in [0.05, 0.1) is 6.10 Å². The fourth-order valence-corrected chi connectivity index (χ4v) is 10.3. The lowest BCUT2D eigenvalue weighted by Crippen LogP contribution is -2.57. The summed E-state index contributed by atoms with van der Waals surface area (Å²) in [5, 5.41) is 9.49. The molecule has 5 rings (SSSR count). The molecule has 5 fully saturated rings. The second kappa shape index (κ2) is 7.59. The summed E-state index contributed by atoms with van der Waals surface area (Å²) in [5.41, 5.74) is 1.59. The SMILES string of the molecule is CO[C@@H]1C[C@H]2[C@@H]3CC[C@H]([C@H](C)/C=C/[C@@H](C)C(C)CO)[C@@]3(C)CC[C@@H]2[C@@]2(C)CC[C@@H]3C[C@]312. The van der Waals surface area contributed by atoms with Crippen molar-refractivity contribution in [1.29, 1.82) is 0 Å². The first-order valence-electron chi connectivity index (χ1n) is 13.5. The standard InChI is InChI=1S/C29H48O2/c1-18(20(3)17-30)7-8-19(2)23-9-10-24-22-15-26(31-6)29-16-21(29)11-14-28(29,5)25(22)12-13-27(23,24)4/h7-8,18-26,30H,9-17H2,1-6H3/b8-7+/t18-,19-,20?,21-,22+,23-,24+,25+,26-,27-,28-,29+/m1/s1. The molecule has 2 heteroatoms. The van der Waals surface area contributed by atoms with Crippen molar-refractivity contribution in [2.45, 2.75) is 92.1 Å². The van der Waals surface area contributed by atoms with E-state index in [0.29, 0.717) is 40.1 Å². The first-order chi connectivity index (χ1) is 14.7. The number of methoxy groups -OCH3 is 1. The predicted octanol–water partition coefficient (Wildman–Crippen LogP) is 6.73. The third-order valence-electron chi connectivity index (χ3n) is 12.4. The van der Waals surface area contributed by atoms with Gasteiger partial charge in [-0.05, 0) is 110 Å². The van der Waals surface area contributed by atoms with E-state index in [2.05, 4.69) is 46.8 Å². The fourth-order valence-electron chi connectivity index (χ4n) is 10.3. The van der Waals surface area contributed by atoms with Crippen LogP contribution in [0.5, 0.6) is 0 Å². The van der Waals surface area contributed by atoms with Crippen molar-refractivity contribution in [2.75, 3.05) is 13.7 Å². The third kappa shape index (κ3) is 2.95. The number of rotatable bonds is 6. The normalized spacial score (nSPS) is 53.4. The molecule has 5 aliphatic carbocycles. The molecule has 0 aromatic heterocycles. The molecule has 0 heterocycles. The van der Waals surface area contributed by atoms with Gasteiger partial charge in [0.15, 0.2) is 0 Å². The zero-order chi connectivity index (χ0) is 22.2. The molecular formula is C29H48O2. The molecule has 0 radical (unpaired) electrons. The van der Waals surface area contributed by atoms with Crippen LogP contribution in [0.2, 0.25) is 0 Å². The van der Waals surface area contributed by atoms with Crippen molar-refractivity contribution in [3.8, 4) is 0 Å². The summed E-state index contributed by atoms with van der Waals surface area (Å²) in [6.07, 6.45) is 16.9. The van der Waals surface area contributed by atoms with Gasteiger partial charge in [-0.3, -0.25) is 0 Å². The Kier molecular flexibility index (Phi) is 5.50. The molecule has 0 aromatic rings. The largest absolute Gasteiger partial charge is 0.396 e. The van der Waals surface area contributed by atoms with Crippen LogP contribution >= 0.6 is 0 Å². The predicted molar refractivity (Wildman–Crippen MR) is 128 cm³/mol. The van der Waals surface area contributed by atoms with Gasteiger partial charge in [0, 0.05) is 19.1 Å². The van der Waals surface area contributed by atoms with Crippen molar-refractivity contribution in [2.24, 2.45) is 63.6 Å². The monoisotopic (exact) mass is 428 g/mol. The highest BCUT2D eigenvalue weighted by atomic mass is 16.5. The Bertz CT molecular complexity index is 716. The fraction of sp³-hybridized carbons (Fsp3) is 0.931. The lowest BCUT2D eigenvalue weighted by molar-refractivity contribution is -0.160. The minimum Gasteiger partial charge on any atom is -0.396 e. The molecule has 5 saturated carbocycles. The molecule has 0 amide bonds. The number of aliphatic hydroxyl groups is 1. The van der Waals surface area contributed by atoms with Gasteiger partial charge in [0.25, 0.3) is 0 Å². The van der Waals surface area contributed by atoms with E-state index in [-0.39, 0.29) is 6.61 Å². The van der Waals surface area contributed by atoms with Crippen molar-refractivity contribution in [3.63, 3.8) is 0 Å². The van der Waals surface area contributed by atoms with Crippen LogP contribution in [0.4, 0.5) is 0 Å². The first-order valence-corrected chi connectivity index (χ1v) is 13.5. The molecule has 176 valence electrons. The maximum Gasteiger partial charge on any atom is 0.0638 e. The van der Waals surface area contributed by atoms with E-state index in [1.807, 2.05) is 7.11 Å². The molecule has 0 aromatic carbocycles. The second-order valence-electron chi connectivity index (χ2n) is 13.2. The Hall–Kier alpha value is -0.340. The van der Waals surface area contributed by atoms with Crippen molar-refractivity contribution in [1.82, 2.24) is 0 Å². The third-order valence-corrected chi connectivity index (χ3v) is 12.4. The smallest absolute Gasteiger partial charge is 0.0638 e. The molecule has 1 N–H and O–H groups in total. The summed E-state index contributed by atoms with van der Waals surface area (Å²) in [6, 6.07) is 0. The van der Waals surface area contributed by atoms with Crippen LogP contribution in [0.15, 0.2) is 12.2 Å². The lowest BCUT2D eigenvalue weighted by Gasteiger charge is -2.61. The van der Waals surface area contributed by atoms with Crippen molar-refractivity contribution >= 4 is 0 Å². The van der Waals surface area contributed by atoms with E-state index in [1.165, 1.54) is 51.4 Å². The summed E-state index contributed by atoms with van der Waals surface area (Å²) in [6.45, 7) is 12.5. The van der Waals surface area contributed by atoms with Gasteiger partial charge in [-0.2, -0.15) is 0 Å². The molecule has 2 nitrogen and oxygen atoms in total. The van der Waals surface area contributed by atoms with Gasteiger partial charge in [-0.25, -0.2) is 0 Å². The Morgan fingerprint density at radius 3 is 2.45 bits per heavy atom. The van der Waals surface area contributed by atoms with Gasteiger partial charge < -0.3 is 9.84 Å². The molecule has 1 spiro atoms. The number of hydrogen-bond acceptors (Lipinski definition) is 2. The molecule has 5 aliphatic rings. The Labute approximate surface area is 191 Å². The van der Waals surface area contributed by atoms with Crippen LogP contribution in [0.25, 0.3) is 0 Å². The molecule has 12 atom stereocenters. The number of allylic oxidation sites excluding steroid dienone is 2. The molecular weight excluding hydrogens is 380 g/mol. The highest BCUT2D eigenvalue weighted by molar-refractivity contribution is 5.26. The van der Waals surface area contributed by atoms with Gasteiger partial charge >= 0.3 is 0 Å². The van der Waals surface area contributed by atoms with Crippen molar-refractivity contribution in [3.05, 3.63) is 12.2 Å². The minimum absolute atomic E-state index is 0.286. The average Bonchev–Trinajstić information content (AvgIpc) is 3.27. The Balaban J connectivity index is 1.36. The van der Waals surface area contributed by atoms with Gasteiger partial charge in [-0.1, -0.05) is 46.8 Å². The van der Waals surface area contributed by atoms with Gasteiger partial charge in [-0.15, -0.1) is 0 Å².